The van der Waals surface area contributed by atoms with Crippen LogP contribution in [0.1, 0.15) is 46.2 Å². The van der Waals surface area contributed by atoms with E-state index < -0.39 is 0 Å². The summed E-state index contributed by atoms with van der Waals surface area (Å²) >= 11 is 6.96. The van der Waals surface area contributed by atoms with Crippen LogP contribution in [0.15, 0.2) is 12.2 Å². The van der Waals surface area contributed by atoms with Crippen LogP contribution in [0.5, 0.6) is 0 Å². The number of hydrogen-bond donors (Lipinski definition) is 3. The van der Waals surface area contributed by atoms with Gasteiger partial charge in [0.1, 0.15) is 0 Å². The number of thioether (sulfide) groups is 1. The van der Waals surface area contributed by atoms with Crippen LogP contribution in [0.3, 0.4) is 0 Å². The van der Waals surface area contributed by atoms with Crippen molar-refractivity contribution in [2.24, 2.45) is 11.8 Å². The number of carbonyl (C=O) groups is 1. The largest absolute Gasteiger partial charge is 0.358 e. The summed E-state index contributed by atoms with van der Waals surface area (Å²) in [5, 5.41) is 3.83. The summed E-state index contributed by atoms with van der Waals surface area (Å²) in [5.74, 6) is 2.45. The number of hydrazine groups is 1. The molecule has 0 heterocycles. The Bertz CT molecular complexity index is 789. The lowest BCUT2D eigenvalue weighted by atomic mass is 9.90. The lowest BCUT2D eigenvalue weighted by Crippen LogP contribution is -2.50. The van der Waals surface area contributed by atoms with Gasteiger partial charge < -0.3 is 5.32 Å². The smallest absolute Gasteiger partial charge is 0.248 e. The third-order valence-corrected chi connectivity index (χ3v) is 7.72. The topological polar surface area (TPSA) is 53.2 Å². The molecule has 1 amide bonds. The Kier molecular flexibility index (Phi) is 6.71. The van der Waals surface area contributed by atoms with Crippen molar-refractivity contribution in [3.63, 3.8) is 0 Å². The van der Waals surface area contributed by atoms with E-state index in [1.807, 2.05) is 0 Å². The molecule has 1 saturated carbocycles. The number of allylic oxidation sites excluding steroid dienone is 1. The van der Waals surface area contributed by atoms with Gasteiger partial charge in [-0.15, -0.1) is 11.8 Å². The molecule has 4 nitrogen and oxygen atoms in total. The van der Waals surface area contributed by atoms with Gasteiger partial charge in [-0.2, -0.15) is 0 Å². The molecule has 0 saturated heterocycles. The number of nitrogens with one attached hydrogen (secondary N) is 3. The van der Waals surface area contributed by atoms with Gasteiger partial charge in [0.25, 0.3) is 0 Å². The molecule has 0 spiro atoms. The molecule has 0 unspecified atom stereocenters. The first kappa shape index (κ1) is 21.2. The molecule has 28 heavy (non-hydrogen) atoms. The molecule has 0 radical (unpaired) electrons. The number of benzene rings is 1. The summed E-state index contributed by atoms with van der Waals surface area (Å²) in [6.45, 7) is 10.9. The number of rotatable bonds is 5. The average molecular weight is 418 g/mol. The normalized spacial score (nSPS) is 22.4. The van der Waals surface area contributed by atoms with Crippen LogP contribution in [-0.4, -0.2) is 22.8 Å². The van der Waals surface area contributed by atoms with Crippen LogP contribution >= 0.6 is 24.0 Å². The third-order valence-electron chi connectivity index (χ3n) is 6.55. The van der Waals surface area contributed by atoms with Gasteiger partial charge in [0.05, 0.1) is 5.75 Å². The van der Waals surface area contributed by atoms with Gasteiger partial charge in [-0.05, 0) is 105 Å². The second-order valence-corrected chi connectivity index (χ2v) is 9.52. The van der Waals surface area contributed by atoms with E-state index >= 15 is 0 Å². The third kappa shape index (κ3) is 4.54. The zero-order valence-corrected chi connectivity index (χ0v) is 19.1. The van der Waals surface area contributed by atoms with Crippen molar-refractivity contribution in [1.29, 1.82) is 0 Å². The molecule has 2 aliphatic carbocycles. The summed E-state index contributed by atoms with van der Waals surface area (Å²) in [5.41, 5.74) is 13.7. The summed E-state index contributed by atoms with van der Waals surface area (Å²) in [6, 6.07) is 0.389. The van der Waals surface area contributed by atoms with Crippen molar-refractivity contribution in [1.82, 2.24) is 16.2 Å². The average Bonchev–Trinajstić information content (AvgIpc) is 3.29. The number of carbonyl (C=O) groups excluding carboxylic acids is 1. The van der Waals surface area contributed by atoms with E-state index in [1.165, 1.54) is 39.8 Å². The molecular formula is C22H31N3OS2. The molecule has 3 atom stereocenters. The van der Waals surface area contributed by atoms with E-state index in [1.54, 1.807) is 11.8 Å². The van der Waals surface area contributed by atoms with Crippen LogP contribution in [0.25, 0.3) is 0 Å². The summed E-state index contributed by atoms with van der Waals surface area (Å²) < 4.78 is 0. The van der Waals surface area contributed by atoms with Crippen molar-refractivity contribution in [2.75, 3.05) is 5.75 Å². The Morgan fingerprint density at radius 3 is 2.21 bits per heavy atom. The Balaban J connectivity index is 1.41. The minimum absolute atomic E-state index is 0.0575. The van der Waals surface area contributed by atoms with Crippen molar-refractivity contribution in [2.45, 2.75) is 59.3 Å². The van der Waals surface area contributed by atoms with Crippen molar-refractivity contribution < 1.29 is 4.79 Å². The Labute approximate surface area is 178 Å². The zero-order valence-electron chi connectivity index (χ0n) is 17.4. The maximum absolute atomic E-state index is 12.2. The maximum Gasteiger partial charge on any atom is 0.248 e. The van der Waals surface area contributed by atoms with Gasteiger partial charge in [-0.1, -0.05) is 12.2 Å². The number of amides is 1. The van der Waals surface area contributed by atoms with E-state index in [2.05, 4.69) is 62.9 Å². The zero-order chi connectivity index (χ0) is 20.4. The minimum Gasteiger partial charge on any atom is -0.358 e. The van der Waals surface area contributed by atoms with Crippen molar-refractivity contribution >= 4 is 35.0 Å². The fourth-order valence-electron chi connectivity index (χ4n) is 4.35. The summed E-state index contributed by atoms with van der Waals surface area (Å²) in [6.07, 6.45) is 6.93. The standard InChI is InChI=1S/C22H31N3OS2/c1-12-13(2)15(4)19(16(5)14(12)3)10-28-11-21(26)24-25-22(27)23-20-9-17-6-7-18(20)8-17/h6-7,17-18,20H,8-11H2,1-5H3,(H,24,26)(H2,23,25,27)/t17-,18+,20-/m0/s1. The molecule has 3 N–H and O–H groups in total. The van der Waals surface area contributed by atoms with Crippen LogP contribution in [0.2, 0.25) is 0 Å². The highest BCUT2D eigenvalue weighted by Crippen LogP contribution is 2.38. The van der Waals surface area contributed by atoms with E-state index in [-0.39, 0.29) is 5.91 Å². The number of thiocarbonyl (C=S) groups is 1. The Hall–Kier alpha value is -1.53. The van der Waals surface area contributed by atoms with Crippen LogP contribution < -0.4 is 16.2 Å². The second-order valence-electron chi connectivity index (χ2n) is 8.13. The molecule has 0 aromatic heterocycles. The summed E-state index contributed by atoms with van der Waals surface area (Å²) in [7, 11) is 0. The van der Waals surface area contributed by atoms with E-state index in [0.29, 0.717) is 28.7 Å². The van der Waals surface area contributed by atoms with Crippen LogP contribution in [0, 0.1) is 46.5 Å². The molecule has 2 aliphatic rings. The molecule has 1 fully saturated rings. The van der Waals surface area contributed by atoms with Gasteiger partial charge >= 0.3 is 0 Å². The SMILES string of the molecule is Cc1c(C)c(C)c(CSCC(=O)NNC(=S)N[C@H]2C[C@H]3C=C[C@@H]2C3)c(C)c1C. The quantitative estimate of drug-likeness (QED) is 0.385. The Morgan fingerprint density at radius 2 is 1.64 bits per heavy atom. The van der Waals surface area contributed by atoms with Gasteiger partial charge in [-0.25, -0.2) is 0 Å². The highest BCUT2D eigenvalue weighted by molar-refractivity contribution is 7.99. The Morgan fingerprint density at radius 1 is 1.00 bits per heavy atom. The van der Waals surface area contributed by atoms with Crippen LogP contribution in [-0.2, 0) is 10.5 Å². The maximum atomic E-state index is 12.2. The minimum atomic E-state index is -0.0575. The fourth-order valence-corrected chi connectivity index (χ4v) is 5.55. The monoisotopic (exact) mass is 417 g/mol. The van der Waals surface area contributed by atoms with Gasteiger partial charge in [0.2, 0.25) is 5.91 Å². The lowest BCUT2D eigenvalue weighted by Gasteiger charge is -2.22. The molecule has 2 bridgehead atoms. The molecule has 0 aliphatic heterocycles. The molecule has 1 aromatic carbocycles. The highest BCUT2D eigenvalue weighted by Gasteiger charge is 2.35. The lowest BCUT2D eigenvalue weighted by molar-refractivity contribution is -0.119. The van der Waals surface area contributed by atoms with Gasteiger partial charge in [-0.3, -0.25) is 15.6 Å². The first-order chi connectivity index (χ1) is 13.3. The van der Waals surface area contributed by atoms with Gasteiger partial charge in [0.15, 0.2) is 5.11 Å². The van der Waals surface area contributed by atoms with Crippen molar-refractivity contribution in [3.8, 4) is 0 Å². The predicted octanol–water partition coefficient (Wildman–Crippen LogP) is 3.92. The predicted molar refractivity (Wildman–Crippen MR) is 122 cm³/mol. The molecular weight excluding hydrogens is 386 g/mol. The van der Waals surface area contributed by atoms with Gasteiger partial charge in [0, 0.05) is 11.8 Å². The second kappa shape index (κ2) is 8.87. The van der Waals surface area contributed by atoms with E-state index in [9.17, 15) is 4.79 Å². The first-order valence-corrected chi connectivity index (χ1v) is 11.5. The molecule has 3 rings (SSSR count). The van der Waals surface area contributed by atoms with E-state index in [0.717, 1.165) is 12.2 Å². The summed E-state index contributed by atoms with van der Waals surface area (Å²) in [4.78, 5) is 12.2. The van der Waals surface area contributed by atoms with Crippen molar-refractivity contribution in [3.05, 3.63) is 45.5 Å². The first-order valence-electron chi connectivity index (χ1n) is 9.95. The van der Waals surface area contributed by atoms with Crippen LogP contribution in [0.4, 0.5) is 0 Å². The number of fused-ring (bicyclic) bond motifs is 2. The van der Waals surface area contributed by atoms with E-state index in [4.69, 9.17) is 12.2 Å². The molecule has 6 heteroatoms. The fraction of sp³-hybridized carbons (Fsp3) is 0.545. The molecule has 1 aromatic rings. The molecule has 152 valence electrons. The number of hydrogen-bond acceptors (Lipinski definition) is 3. The highest BCUT2D eigenvalue weighted by atomic mass is 32.2.